The Hall–Kier alpha value is -6.54. The maximum absolute atomic E-state index is 15.9. The molecule has 0 atom stereocenters. The molecule has 8 aromatic carbocycles. The van der Waals surface area contributed by atoms with E-state index < -0.39 is 28.9 Å². The first-order valence-electron chi connectivity index (χ1n) is 24.5. The van der Waals surface area contributed by atoms with Gasteiger partial charge in [0.15, 0.2) is 0 Å². The second-order valence-electron chi connectivity index (χ2n) is 19.9. The summed E-state index contributed by atoms with van der Waals surface area (Å²) in [6.07, 6.45) is -4.07. The maximum Gasteiger partial charge on any atom is 0.411 e. The van der Waals surface area contributed by atoms with Gasteiger partial charge in [-0.05, 0) is 117 Å². The molecular formula is C62H62F6N2. The van der Waals surface area contributed by atoms with Crippen molar-refractivity contribution < 1.29 is 26.3 Å². The third-order valence-corrected chi connectivity index (χ3v) is 14.4. The van der Waals surface area contributed by atoms with Gasteiger partial charge in [-0.25, -0.2) is 0 Å². The molecular weight excluding hydrogens is 887 g/mol. The fourth-order valence-electron chi connectivity index (χ4n) is 10.2. The van der Waals surface area contributed by atoms with Crippen LogP contribution in [0, 0.1) is 0 Å². The summed E-state index contributed by atoms with van der Waals surface area (Å²) >= 11 is 0. The van der Waals surface area contributed by atoms with Crippen molar-refractivity contribution in [2.45, 2.75) is 115 Å². The summed E-state index contributed by atoms with van der Waals surface area (Å²) in [5.74, 6) is 0. The van der Waals surface area contributed by atoms with Crippen molar-refractivity contribution in [3.8, 4) is 0 Å². The van der Waals surface area contributed by atoms with Crippen molar-refractivity contribution in [3.63, 3.8) is 0 Å². The number of nitrogens with zero attached hydrogens (tertiary/aromatic N) is 2. The number of fused-ring (bicyclic) bond motifs is 2. The van der Waals surface area contributed by atoms with Crippen LogP contribution in [0.4, 0.5) is 60.5 Å². The highest BCUT2D eigenvalue weighted by Crippen LogP contribution is 2.57. The minimum Gasteiger partial charge on any atom is -0.310 e. The van der Waals surface area contributed by atoms with Gasteiger partial charge in [0, 0.05) is 33.5 Å². The van der Waals surface area contributed by atoms with Crippen molar-refractivity contribution in [3.05, 3.63) is 204 Å². The molecule has 0 saturated carbocycles. The molecule has 0 bridgehead atoms. The lowest BCUT2D eigenvalue weighted by Gasteiger charge is -2.39. The van der Waals surface area contributed by atoms with Gasteiger partial charge in [0.2, 0.25) is 5.41 Å². The van der Waals surface area contributed by atoms with Crippen molar-refractivity contribution in [2.24, 2.45) is 0 Å². The molecule has 70 heavy (non-hydrogen) atoms. The van der Waals surface area contributed by atoms with E-state index in [-0.39, 0.29) is 10.8 Å². The van der Waals surface area contributed by atoms with E-state index in [1.54, 1.807) is 0 Å². The van der Waals surface area contributed by atoms with Crippen LogP contribution in [0.3, 0.4) is 0 Å². The van der Waals surface area contributed by atoms with Gasteiger partial charge in [0.05, 0.1) is 11.4 Å². The van der Waals surface area contributed by atoms with Crippen molar-refractivity contribution in [2.75, 3.05) is 9.80 Å². The van der Waals surface area contributed by atoms with Gasteiger partial charge >= 0.3 is 12.4 Å². The molecule has 2 nitrogen and oxygen atoms in total. The van der Waals surface area contributed by atoms with E-state index in [2.05, 4.69) is 65.8 Å². The quantitative estimate of drug-likeness (QED) is 0.0663. The molecule has 0 aromatic heterocycles. The van der Waals surface area contributed by atoms with Crippen LogP contribution in [0.25, 0.3) is 21.5 Å². The van der Waals surface area contributed by atoms with Crippen molar-refractivity contribution >= 4 is 55.7 Å². The van der Waals surface area contributed by atoms with Crippen molar-refractivity contribution in [1.29, 1.82) is 0 Å². The zero-order valence-electron chi connectivity index (χ0n) is 40.9. The van der Waals surface area contributed by atoms with Crippen LogP contribution in [-0.4, -0.2) is 12.4 Å². The van der Waals surface area contributed by atoms with Crippen LogP contribution in [-0.2, 0) is 16.2 Å². The van der Waals surface area contributed by atoms with Gasteiger partial charge in [0.25, 0.3) is 0 Å². The summed E-state index contributed by atoms with van der Waals surface area (Å²) in [5.41, 5.74) is -0.404. The molecule has 0 radical (unpaired) electrons. The molecule has 362 valence electrons. The first-order chi connectivity index (χ1) is 33.4. The van der Waals surface area contributed by atoms with Gasteiger partial charge in [-0.2, -0.15) is 26.3 Å². The van der Waals surface area contributed by atoms with E-state index in [0.29, 0.717) is 17.1 Å². The van der Waals surface area contributed by atoms with E-state index in [1.165, 1.54) is 24.3 Å². The summed E-state index contributed by atoms with van der Waals surface area (Å²) in [5, 5.41) is 3.63. The molecule has 0 amide bonds. The molecule has 0 unspecified atom stereocenters. The fraction of sp³-hybridized carbons (Fsp3) is 0.290. The third-order valence-electron chi connectivity index (χ3n) is 14.4. The highest BCUT2D eigenvalue weighted by molar-refractivity contribution is 6.00. The van der Waals surface area contributed by atoms with Gasteiger partial charge in [-0.15, -0.1) is 0 Å². The molecule has 0 saturated heterocycles. The lowest BCUT2D eigenvalue weighted by atomic mass is 9.72. The van der Waals surface area contributed by atoms with Crippen LogP contribution >= 0.6 is 0 Å². The topological polar surface area (TPSA) is 6.48 Å². The van der Waals surface area contributed by atoms with Crippen LogP contribution in [0.5, 0.6) is 0 Å². The Morgan fingerprint density at radius 3 is 1.00 bits per heavy atom. The second kappa shape index (κ2) is 20.1. The molecule has 8 heteroatoms. The SMILES string of the molecule is CCCCCC(C)(C)c1ccc(N(c2ccc(C(c3ccc(N(c4ccc(C(C)(C)CCCC)cc4)c4cccc5ccccc45)cc3)(C(F)(F)F)C(F)(F)F)cc2)c2cccc3ccccc23)cc1. The Morgan fingerprint density at radius 2 is 0.657 bits per heavy atom. The van der Waals surface area contributed by atoms with Crippen LogP contribution in [0.15, 0.2) is 182 Å². The molecule has 0 heterocycles. The summed E-state index contributed by atoms with van der Waals surface area (Å²) in [6.45, 7) is 13.2. The van der Waals surface area contributed by atoms with E-state index in [0.717, 1.165) is 119 Å². The fourth-order valence-corrected chi connectivity index (χ4v) is 10.2. The smallest absolute Gasteiger partial charge is 0.310 e. The Balaban J connectivity index is 1.23. The number of rotatable bonds is 17. The van der Waals surface area contributed by atoms with Crippen LogP contribution < -0.4 is 9.80 Å². The lowest BCUT2D eigenvalue weighted by Crippen LogP contribution is -2.54. The average molecular weight is 949 g/mol. The Morgan fingerprint density at radius 1 is 0.343 bits per heavy atom. The molecule has 0 aliphatic rings. The molecule has 0 fully saturated rings. The van der Waals surface area contributed by atoms with E-state index in [1.807, 2.05) is 119 Å². The van der Waals surface area contributed by atoms with Crippen molar-refractivity contribution in [1.82, 2.24) is 0 Å². The van der Waals surface area contributed by atoms with Gasteiger partial charge in [-0.1, -0.05) is 195 Å². The lowest BCUT2D eigenvalue weighted by molar-refractivity contribution is -0.288. The Kier molecular flexibility index (Phi) is 14.3. The zero-order valence-corrected chi connectivity index (χ0v) is 40.9. The normalized spacial score (nSPS) is 12.7. The maximum atomic E-state index is 15.9. The summed E-state index contributed by atoms with van der Waals surface area (Å²) in [4.78, 5) is 3.80. The number of unbranched alkanes of at least 4 members (excludes halogenated alkanes) is 3. The number of alkyl halides is 6. The molecule has 0 aliphatic carbocycles. The van der Waals surface area contributed by atoms with Crippen LogP contribution in [0.2, 0.25) is 0 Å². The number of hydrogen-bond donors (Lipinski definition) is 0. The minimum atomic E-state index is -5.78. The standard InChI is InChI=1S/C62H62F6N2/c1-7-9-15-43-59(5,6)47-28-36-51(37-29-47)70(57-25-17-21-45-19-12-14-23-55(45)57)53-40-32-49(33-41-53)60(61(63,64)65,62(66,67)68)48-30-38-52(39-31-48)69(56-24-16-20-44-18-11-13-22-54(44)56)50-34-26-46(27-35-50)58(3,4)42-10-8-2/h11-14,16-41H,7-10,15,42-43H2,1-6H3. The largest absolute Gasteiger partial charge is 0.411 e. The second-order valence-corrected chi connectivity index (χ2v) is 19.9. The monoisotopic (exact) mass is 948 g/mol. The molecule has 0 spiro atoms. The van der Waals surface area contributed by atoms with Gasteiger partial charge in [-0.3, -0.25) is 0 Å². The molecule has 0 N–H and O–H groups in total. The number of halogens is 6. The molecule has 8 aromatic rings. The summed E-state index contributed by atoms with van der Waals surface area (Å²) < 4.78 is 95.2. The van der Waals surface area contributed by atoms with E-state index in [4.69, 9.17) is 0 Å². The number of hydrogen-bond acceptors (Lipinski definition) is 2. The molecule has 0 aliphatic heterocycles. The highest BCUT2D eigenvalue weighted by atomic mass is 19.4. The summed E-state index contributed by atoms with van der Waals surface area (Å²) in [6, 6.07) is 52.7. The van der Waals surface area contributed by atoms with Gasteiger partial charge in [0.1, 0.15) is 0 Å². The van der Waals surface area contributed by atoms with Crippen LogP contribution in [0.1, 0.15) is 109 Å². The zero-order chi connectivity index (χ0) is 49.9. The number of anilines is 6. The first kappa shape index (κ1) is 49.9. The number of benzene rings is 8. The van der Waals surface area contributed by atoms with E-state index >= 15 is 26.3 Å². The van der Waals surface area contributed by atoms with Gasteiger partial charge < -0.3 is 9.80 Å². The Bertz CT molecular complexity index is 2980. The minimum absolute atomic E-state index is 0.0955. The highest BCUT2D eigenvalue weighted by Gasteiger charge is 2.72. The Labute approximate surface area is 409 Å². The average Bonchev–Trinajstić information content (AvgIpc) is 3.34. The first-order valence-corrected chi connectivity index (χ1v) is 24.5. The summed E-state index contributed by atoms with van der Waals surface area (Å²) in [7, 11) is 0. The third kappa shape index (κ3) is 9.67. The predicted octanol–water partition coefficient (Wildman–Crippen LogP) is 19.7. The molecule has 8 rings (SSSR count). The van der Waals surface area contributed by atoms with E-state index in [9.17, 15) is 0 Å². The predicted molar refractivity (Wildman–Crippen MR) is 280 cm³/mol.